The van der Waals surface area contributed by atoms with Crippen LogP contribution in [0.2, 0.25) is 0 Å². The van der Waals surface area contributed by atoms with Gasteiger partial charge >= 0.3 is 0 Å². The first-order chi connectivity index (χ1) is 11.9. The quantitative estimate of drug-likeness (QED) is 0.323. The Balaban J connectivity index is 0.00000338. The van der Waals surface area contributed by atoms with Crippen molar-refractivity contribution in [2.24, 2.45) is 10.4 Å². The van der Waals surface area contributed by atoms with Crippen LogP contribution in [0.3, 0.4) is 0 Å². The highest BCUT2D eigenvalue weighted by atomic mass is 127. The molecule has 1 aromatic carbocycles. The number of benzene rings is 1. The first-order valence-corrected chi connectivity index (χ1v) is 9.11. The van der Waals surface area contributed by atoms with Gasteiger partial charge in [0.1, 0.15) is 0 Å². The lowest BCUT2D eigenvalue weighted by Crippen LogP contribution is -2.47. The average Bonchev–Trinajstić information content (AvgIpc) is 3.04. The van der Waals surface area contributed by atoms with Crippen LogP contribution >= 0.6 is 24.0 Å². The minimum absolute atomic E-state index is 0. The highest BCUT2D eigenvalue weighted by molar-refractivity contribution is 14.0. The zero-order chi connectivity index (χ0) is 18.3. The summed E-state index contributed by atoms with van der Waals surface area (Å²) in [7, 11) is 1.79. The van der Waals surface area contributed by atoms with Crippen LogP contribution in [-0.2, 0) is 10.2 Å². The zero-order valence-electron chi connectivity index (χ0n) is 16.5. The summed E-state index contributed by atoms with van der Waals surface area (Å²) in [6, 6.07) is 8.65. The molecule has 1 unspecified atom stereocenters. The van der Waals surface area contributed by atoms with E-state index in [2.05, 4.69) is 60.7 Å². The van der Waals surface area contributed by atoms with Crippen molar-refractivity contribution in [2.75, 3.05) is 40.0 Å². The normalized spacial score (nSPS) is 20.6. The van der Waals surface area contributed by atoms with Gasteiger partial charge in [-0.1, -0.05) is 43.7 Å². The topological polar surface area (TPSA) is 65.9 Å². The maximum atomic E-state index is 9.34. The molecule has 0 amide bonds. The number of aliphatic imine (C=N–C) groups is 1. The molecule has 148 valence electrons. The fourth-order valence-electron chi connectivity index (χ4n) is 3.28. The third-order valence-electron chi connectivity index (χ3n) is 5.18. The van der Waals surface area contributed by atoms with Crippen molar-refractivity contribution >= 4 is 29.9 Å². The predicted octanol–water partition coefficient (Wildman–Crippen LogP) is 2.84. The number of rotatable bonds is 7. The minimum Gasteiger partial charge on any atom is -0.396 e. The van der Waals surface area contributed by atoms with Gasteiger partial charge in [0.25, 0.3) is 0 Å². The van der Waals surface area contributed by atoms with Gasteiger partial charge in [0.05, 0.1) is 6.61 Å². The Morgan fingerprint density at radius 3 is 2.69 bits per heavy atom. The highest BCUT2D eigenvalue weighted by Gasteiger charge is 2.34. The molecule has 0 saturated carbocycles. The van der Waals surface area contributed by atoms with Gasteiger partial charge in [-0.25, -0.2) is 0 Å². The molecule has 5 nitrogen and oxygen atoms in total. The molecule has 1 aliphatic rings. The molecule has 2 rings (SSSR count). The van der Waals surface area contributed by atoms with Crippen LogP contribution in [0.25, 0.3) is 0 Å². The van der Waals surface area contributed by atoms with E-state index in [1.54, 1.807) is 7.05 Å². The molecule has 26 heavy (non-hydrogen) atoms. The molecule has 1 atom stereocenters. The number of aliphatic hydroxyl groups is 1. The monoisotopic (exact) mass is 475 g/mol. The number of ether oxygens (including phenoxy) is 1. The second kappa shape index (κ2) is 10.5. The number of aryl methyl sites for hydroxylation is 1. The number of guanidine groups is 1. The second-order valence-corrected chi connectivity index (χ2v) is 7.81. The van der Waals surface area contributed by atoms with Crippen molar-refractivity contribution in [3.63, 3.8) is 0 Å². The number of nitrogens with one attached hydrogen (secondary N) is 2. The van der Waals surface area contributed by atoms with Crippen molar-refractivity contribution in [2.45, 2.75) is 39.0 Å². The molecule has 1 aliphatic heterocycles. The molecule has 3 N–H and O–H groups in total. The number of nitrogens with zero attached hydrogens (tertiary/aromatic N) is 1. The van der Waals surface area contributed by atoms with Crippen LogP contribution in [0.5, 0.6) is 0 Å². The Morgan fingerprint density at radius 1 is 1.35 bits per heavy atom. The Morgan fingerprint density at radius 2 is 2.12 bits per heavy atom. The highest BCUT2D eigenvalue weighted by Crippen LogP contribution is 2.31. The number of halogens is 1. The Kier molecular flexibility index (Phi) is 9.33. The van der Waals surface area contributed by atoms with Crippen molar-refractivity contribution in [1.82, 2.24) is 10.6 Å². The van der Waals surface area contributed by atoms with E-state index in [4.69, 9.17) is 4.74 Å². The number of hydrogen-bond donors (Lipinski definition) is 3. The van der Waals surface area contributed by atoms with Gasteiger partial charge in [-0.3, -0.25) is 4.99 Å². The van der Waals surface area contributed by atoms with Gasteiger partial charge in [0.2, 0.25) is 0 Å². The largest absolute Gasteiger partial charge is 0.396 e. The van der Waals surface area contributed by atoms with Crippen molar-refractivity contribution in [1.29, 1.82) is 0 Å². The van der Waals surface area contributed by atoms with E-state index < -0.39 is 0 Å². The van der Waals surface area contributed by atoms with Crippen LogP contribution in [0, 0.1) is 12.3 Å². The molecular formula is C20H34IN3O2. The lowest BCUT2D eigenvalue weighted by atomic mass is 9.83. The number of aliphatic hydroxyl groups excluding tert-OH is 1. The summed E-state index contributed by atoms with van der Waals surface area (Å²) in [6.45, 7) is 9.81. The van der Waals surface area contributed by atoms with Gasteiger partial charge in [-0.2, -0.15) is 0 Å². The summed E-state index contributed by atoms with van der Waals surface area (Å²) >= 11 is 0. The molecule has 0 radical (unpaired) electrons. The van der Waals surface area contributed by atoms with Gasteiger partial charge in [0, 0.05) is 44.2 Å². The van der Waals surface area contributed by atoms with Crippen LogP contribution in [0.4, 0.5) is 0 Å². The maximum absolute atomic E-state index is 9.34. The van der Waals surface area contributed by atoms with Gasteiger partial charge in [-0.05, 0) is 25.3 Å². The molecule has 0 aromatic heterocycles. The summed E-state index contributed by atoms with van der Waals surface area (Å²) in [5.74, 6) is 0.796. The summed E-state index contributed by atoms with van der Waals surface area (Å²) in [5.41, 5.74) is 2.61. The minimum atomic E-state index is 0. The van der Waals surface area contributed by atoms with Gasteiger partial charge < -0.3 is 20.5 Å². The summed E-state index contributed by atoms with van der Waals surface area (Å²) in [5, 5.41) is 16.2. The van der Waals surface area contributed by atoms with Crippen molar-refractivity contribution in [3.8, 4) is 0 Å². The Hall–Kier alpha value is -0.860. The molecule has 1 fully saturated rings. The summed E-state index contributed by atoms with van der Waals surface area (Å²) < 4.78 is 5.55. The summed E-state index contributed by atoms with van der Waals surface area (Å²) in [6.07, 6.45) is 1.73. The van der Waals surface area contributed by atoms with E-state index >= 15 is 0 Å². The number of hydrogen-bond acceptors (Lipinski definition) is 3. The molecule has 6 heteroatoms. The molecule has 1 heterocycles. The third-order valence-corrected chi connectivity index (χ3v) is 5.18. The Bertz CT molecular complexity index is 584. The predicted molar refractivity (Wildman–Crippen MR) is 119 cm³/mol. The lowest BCUT2D eigenvalue weighted by molar-refractivity contribution is 0.127. The molecule has 0 aliphatic carbocycles. The van der Waals surface area contributed by atoms with E-state index in [0.29, 0.717) is 6.61 Å². The van der Waals surface area contributed by atoms with Gasteiger partial charge in [0.15, 0.2) is 5.96 Å². The standard InChI is InChI=1S/C20H33N3O2.HI/c1-16-6-5-7-17(12-16)19(2,3)13-22-18(21-4)23-14-20(8-10-24)9-11-25-15-20;/h5-7,12,24H,8-11,13-15H2,1-4H3,(H2,21,22,23);1H. The molecular weight excluding hydrogens is 441 g/mol. The lowest BCUT2D eigenvalue weighted by Gasteiger charge is -2.30. The second-order valence-electron chi connectivity index (χ2n) is 7.81. The smallest absolute Gasteiger partial charge is 0.191 e. The van der Waals surface area contributed by atoms with Crippen LogP contribution < -0.4 is 10.6 Å². The fraction of sp³-hybridized carbons (Fsp3) is 0.650. The summed E-state index contributed by atoms with van der Waals surface area (Å²) in [4.78, 5) is 4.35. The zero-order valence-corrected chi connectivity index (χ0v) is 18.8. The van der Waals surface area contributed by atoms with Crippen molar-refractivity contribution in [3.05, 3.63) is 35.4 Å². The fourth-order valence-corrected chi connectivity index (χ4v) is 3.28. The van der Waals surface area contributed by atoms with Crippen LogP contribution in [0.15, 0.2) is 29.3 Å². The van der Waals surface area contributed by atoms with Gasteiger partial charge in [-0.15, -0.1) is 24.0 Å². The molecule has 0 spiro atoms. The first-order valence-electron chi connectivity index (χ1n) is 9.11. The van der Waals surface area contributed by atoms with E-state index in [0.717, 1.165) is 38.5 Å². The van der Waals surface area contributed by atoms with E-state index in [1.165, 1.54) is 11.1 Å². The Labute approximate surface area is 175 Å². The first kappa shape index (κ1) is 23.2. The molecule has 1 aromatic rings. The van der Waals surface area contributed by atoms with E-state index in [1.807, 2.05) is 0 Å². The van der Waals surface area contributed by atoms with Crippen LogP contribution in [-0.4, -0.2) is 51.0 Å². The van der Waals surface area contributed by atoms with E-state index in [-0.39, 0.29) is 41.4 Å². The molecule has 1 saturated heterocycles. The average molecular weight is 475 g/mol. The van der Waals surface area contributed by atoms with E-state index in [9.17, 15) is 5.11 Å². The van der Waals surface area contributed by atoms with Crippen molar-refractivity contribution < 1.29 is 9.84 Å². The maximum Gasteiger partial charge on any atom is 0.191 e. The van der Waals surface area contributed by atoms with Crippen LogP contribution in [0.1, 0.15) is 37.8 Å². The SMILES string of the molecule is CN=C(NCC1(CCO)CCOC1)NCC(C)(C)c1cccc(C)c1.I. The third kappa shape index (κ3) is 6.39. The molecule has 0 bridgehead atoms.